The van der Waals surface area contributed by atoms with Crippen molar-refractivity contribution in [3.8, 4) is 0 Å². The number of hydrogen-bond donors (Lipinski definition) is 2. The number of benzene rings is 1. The first kappa shape index (κ1) is 13.6. The zero-order chi connectivity index (χ0) is 14.8. The van der Waals surface area contributed by atoms with E-state index >= 15 is 0 Å². The minimum absolute atomic E-state index is 0.164. The van der Waals surface area contributed by atoms with Gasteiger partial charge < -0.3 is 20.0 Å². The van der Waals surface area contributed by atoms with Crippen molar-refractivity contribution in [2.24, 2.45) is 0 Å². The number of furan rings is 1. The molecule has 1 saturated heterocycles. The van der Waals surface area contributed by atoms with Crippen molar-refractivity contribution in [1.82, 2.24) is 15.5 Å². The van der Waals surface area contributed by atoms with Crippen LogP contribution in [0.25, 0.3) is 11.0 Å². The molecule has 2 amide bonds. The Kier molecular flexibility index (Phi) is 3.62. The topological polar surface area (TPSA) is 74.6 Å². The third-order valence-electron chi connectivity index (χ3n) is 3.76. The molecule has 1 atom stereocenters. The van der Waals surface area contributed by atoms with Crippen molar-refractivity contribution in [1.29, 1.82) is 0 Å². The van der Waals surface area contributed by atoms with Crippen LogP contribution in [0.15, 0.2) is 34.9 Å². The van der Waals surface area contributed by atoms with E-state index in [4.69, 9.17) is 4.42 Å². The third-order valence-corrected chi connectivity index (χ3v) is 3.76. The van der Waals surface area contributed by atoms with Gasteiger partial charge in [0.2, 0.25) is 5.91 Å². The number of nitrogens with zero attached hydrogens (tertiary/aromatic N) is 1. The molecular weight excluding hydrogens is 270 g/mol. The minimum atomic E-state index is -0.495. The monoisotopic (exact) mass is 287 g/mol. The van der Waals surface area contributed by atoms with Crippen molar-refractivity contribution < 1.29 is 14.0 Å². The third kappa shape index (κ3) is 2.38. The Labute approximate surface area is 122 Å². The smallest absolute Gasteiger partial charge is 0.258 e. The van der Waals surface area contributed by atoms with E-state index in [2.05, 4.69) is 10.6 Å². The van der Waals surface area contributed by atoms with Crippen molar-refractivity contribution in [3.63, 3.8) is 0 Å². The van der Waals surface area contributed by atoms with Crippen LogP contribution in [0.5, 0.6) is 0 Å². The highest BCUT2D eigenvalue weighted by Gasteiger charge is 2.33. The number of carbonyl (C=O) groups is 2. The van der Waals surface area contributed by atoms with Gasteiger partial charge in [0, 0.05) is 32.1 Å². The highest BCUT2D eigenvalue weighted by molar-refractivity contribution is 6.07. The molecule has 2 aromatic rings. The van der Waals surface area contributed by atoms with Gasteiger partial charge in [0.15, 0.2) is 0 Å². The second-order valence-corrected chi connectivity index (χ2v) is 4.98. The molecule has 21 heavy (non-hydrogen) atoms. The van der Waals surface area contributed by atoms with Crippen molar-refractivity contribution in [2.45, 2.75) is 6.04 Å². The van der Waals surface area contributed by atoms with E-state index in [1.807, 2.05) is 24.3 Å². The van der Waals surface area contributed by atoms with Gasteiger partial charge in [-0.25, -0.2) is 0 Å². The van der Waals surface area contributed by atoms with E-state index in [0.717, 1.165) is 5.39 Å². The summed E-state index contributed by atoms with van der Waals surface area (Å²) >= 11 is 0. The molecule has 1 fully saturated rings. The van der Waals surface area contributed by atoms with Crippen LogP contribution >= 0.6 is 0 Å². The lowest BCUT2D eigenvalue weighted by Crippen LogP contribution is -2.59. The summed E-state index contributed by atoms with van der Waals surface area (Å²) in [6, 6.07) is 6.90. The predicted molar refractivity (Wildman–Crippen MR) is 78.0 cm³/mol. The van der Waals surface area contributed by atoms with Crippen LogP contribution in [0.2, 0.25) is 0 Å². The molecule has 6 heteroatoms. The first-order chi connectivity index (χ1) is 10.2. The van der Waals surface area contributed by atoms with Gasteiger partial charge in [-0.3, -0.25) is 9.59 Å². The standard InChI is InChI=1S/C15H17N3O3/c1-16-14(19)12-8-17-6-7-18(12)15(20)11-9-21-13-5-3-2-4-10(11)13/h2-5,9,12,17H,6-8H2,1H3,(H,16,19). The van der Waals surface area contributed by atoms with Gasteiger partial charge in [-0.2, -0.15) is 0 Å². The lowest BCUT2D eigenvalue weighted by molar-refractivity contribution is -0.125. The quantitative estimate of drug-likeness (QED) is 0.848. The van der Waals surface area contributed by atoms with Gasteiger partial charge in [-0.05, 0) is 6.07 Å². The molecular formula is C15H17N3O3. The fourth-order valence-corrected chi connectivity index (χ4v) is 2.65. The number of piperazine rings is 1. The Morgan fingerprint density at radius 1 is 1.38 bits per heavy atom. The molecule has 2 heterocycles. The van der Waals surface area contributed by atoms with Gasteiger partial charge in [0.1, 0.15) is 17.9 Å². The van der Waals surface area contributed by atoms with E-state index in [1.54, 1.807) is 11.9 Å². The summed E-state index contributed by atoms with van der Waals surface area (Å²) in [7, 11) is 1.58. The first-order valence-electron chi connectivity index (χ1n) is 6.92. The Hall–Kier alpha value is -2.34. The van der Waals surface area contributed by atoms with E-state index in [1.165, 1.54) is 6.26 Å². The van der Waals surface area contributed by atoms with Gasteiger partial charge in [0.25, 0.3) is 5.91 Å². The molecule has 1 aromatic carbocycles. The summed E-state index contributed by atoms with van der Waals surface area (Å²) in [5, 5.41) is 6.52. The average Bonchev–Trinajstić information content (AvgIpc) is 2.97. The molecule has 110 valence electrons. The summed E-state index contributed by atoms with van der Waals surface area (Å²) < 4.78 is 5.42. The van der Waals surface area contributed by atoms with Crippen LogP contribution in [-0.2, 0) is 4.79 Å². The molecule has 6 nitrogen and oxygen atoms in total. The first-order valence-corrected chi connectivity index (χ1v) is 6.92. The fraction of sp³-hybridized carbons (Fsp3) is 0.333. The average molecular weight is 287 g/mol. The maximum absolute atomic E-state index is 12.8. The molecule has 1 aromatic heterocycles. The molecule has 0 saturated carbocycles. The zero-order valence-electron chi connectivity index (χ0n) is 11.8. The molecule has 1 aliphatic rings. The predicted octanol–water partition coefficient (Wildman–Crippen LogP) is 0.593. The van der Waals surface area contributed by atoms with Crippen molar-refractivity contribution >= 4 is 22.8 Å². The number of rotatable bonds is 2. The van der Waals surface area contributed by atoms with Crippen LogP contribution in [0, 0.1) is 0 Å². The lowest BCUT2D eigenvalue weighted by Gasteiger charge is -2.34. The van der Waals surface area contributed by atoms with Crippen LogP contribution in [0.1, 0.15) is 10.4 Å². The van der Waals surface area contributed by atoms with E-state index in [-0.39, 0.29) is 11.8 Å². The molecule has 1 unspecified atom stereocenters. The maximum atomic E-state index is 12.8. The number of para-hydroxylation sites is 1. The van der Waals surface area contributed by atoms with E-state index in [0.29, 0.717) is 30.8 Å². The molecule has 0 bridgehead atoms. The van der Waals surface area contributed by atoms with Crippen LogP contribution in [0.4, 0.5) is 0 Å². The number of carbonyl (C=O) groups excluding carboxylic acids is 2. The second-order valence-electron chi connectivity index (χ2n) is 4.98. The number of amides is 2. The van der Waals surface area contributed by atoms with Gasteiger partial charge >= 0.3 is 0 Å². The summed E-state index contributed by atoms with van der Waals surface area (Å²) in [5.41, 5.74) is 1.17. The fourth-order valence-electron chi connectivity index (χ4n) is 2.65. The molecule has 3 rings (SSSR count). The van der Waals surface area contributed by atoms with Crippen molar-refractivity contribution in [2.75, 3.05) is 26.7 Å². The van der Waals surface area contributed by atoms with Crippen LogP contribution < -0.4 is 10.6 Å². The van der Waals surface area contributed by atoms with Crippen molar-refractivity contribution in [3.05, 3.63) is 36.1 Å². The molecule has 2 N–H and O–H groups in total. The normalized spacial score (nSPS) is 18.7. The Morgan fingerprint density at radius 3 is 3.00 bits per heavy atom. The van der Waals surface area contributed by atoms with Gasteiger partial charge in [0.05, 0.1) is 5.56 Å². The highest BCUT2D eigenvalue weighted by Crippen LogP contribution is 2.23. The zero-order valence-corrected chi connectivity index (χ0v) is 11.8. The maximum Gasteiger partial charge on any atom is 0.258 e. The van der Waals surface area contributed by atoms with Crippen LogP contribution in [0.3, 0.4) is 0 Å². The Morgan fingerprint density at radius 2 is 2.19 bits per heavy atom. The number of fused-ring (bicyclic) bond motifs is 1. The second kappa shape index (κ2) is 5.57. The summed E-state index contributed by atoms with van der Waals surface area (Å²) in [6.07, 6.45) is 1.47. The molecule has 0 aliphatic carbocycles. The number of likely N-dealkylation sites (N-methyl/N-ethyl adjacent to an activating group) is 1. The Balaban J connectivity index is 1.94. The van der Waals surface area contributed by atoms with Gasteiger partial charge in [-0.1, -0.05) is 18.2 Å². The highest BCUT2D eigenvalue weighted by atomic mass is 16.3. The molecule has 0 radical (unpaired) electrons. The summed E-state index contributed by atoms with van der Waals surface area (Å²) in [6.45, 7) is 1.63. The van der Waals surface area contributed by atoms with Gasteiger partial charge in [-0.15, -0.1) is 0 Å². The molecule has 0 spiro atoms. The summed E-state index contributed by atoms with van der Waals surface area (Å²) in [4.78, 5) is 26.3. The van der Waals surface area contributed by atoms with E-state index in [9.17, 15) is 9.59 Å². The van der Waals surface area contributed by atoms with E-state index < -0.39 is 6.04 Å². The Bertz CT molecular complexity index is 680. The van der Waals surface area contributed by atoms with Crippen LogP contribution in [-0.4, -0.2) is 49.4 Å². The SMILES string of the molecule is CNC(=O)C1CNCCN1C(=O)c1coc2ccccc12. The largest absolute Gasteiger partial charge is 0.463 e. The summed E-state index contributed by atoms with van der Waals surface area (Å²) in [5.74, 6) is -0.335. The number of nitrogens with one attached hydrogen (secondary N) is 2. The number of hydrogen-bond acceptors (Lipinski definition) is 4. The minimum Gasteiger partial charge on any atom is -0.463 e. The lowest BCUT2D eigenvalue weighted by atomic mass is 10.1. The molecule has 1 aliphatic heterocycles.